The van der Waals surface area contributed by atoms with Crippen molar-refractivity contribution in [2.75, 3.05) is 0 Å². The molecule has 0 bridgehead atoms. The summed E-state index contributed by atoms with van der Waals surface area (Å²) in [6.45, 7) is 8.94. The molecule has 0 unspecified atom stereocenters. The van der Waals surface area contributed by atoms with Crippen LogP contribution in [0.5, 0.6) is 0 Å². The fourth-order valence-corrected chi connectivity index (χ4v) is 0.163. The van der Waals surface area contributed by atoms with E-state index in [2.05, 4.69) is 37.2 Å². The van der Waals surface area contributed by atoms with Crippen LogP contribution in [-0.2, 0) is 9.47 Å². The Morgan fingerprint density at radius 3 is 1.38 bits per heavy atom. The van der Waals surface area contributed by atoms with Gasteiger partial charge in [-0.05, 0) is 5.41 Å². The first-order chi connectivity index (χ1) is 7.08. The number of hydrogen-bond donors (Lipinski definition) is 2. The second kappa shape index (κ2) is 7.49. The monoisotopic (exact) mass is 236 g/mol. The van der Waals surface area contributed by atoms with Gasteiger partial charge in [-0.2, -0.15) is 0 Å². The predicted octanol–water partition coefficient (Wildman–Crippen LogP) is 2.94. The van der Waals surface area contributed by atoms with Crippen LogP contribution in [0.1, 0.15) is 34.1 Å². The van der Waals surface area contributed by atoms with Gasteiger partial charge in [-0.3, -0.25) is 0 Å². The summed E-state index contributed by atoms with van der Waals surface area (Å²) < 4.78 is 6.47. The van der Waals surface area contributed by atoms with Crippen LogP contribution >= 0.6 is 0 Å². The summed E-state index contributed by atoms with van der Waals surface area (Å²) in [7, 11) is 0. The first kappa shape index (κ1) is 16.6. The average molecular weight is 236 g/mol. The molecule has 0 aliphatic carbocycles. The highest BCUT2D eigenvalue weighted by Gasteiger charge is 2.13. The smallest absolute Gasteiger partial charge is 0.449 e. The third-order valence-corrected chi connectivity index (χ3v) is 1.40. The number of carboxylic acid groups (broad SMARTS) is 2. The highest BCUT2D eigenvalue weighted by atomic mass is 16.8. The predicted molar refractivity (Wildman–Crippen MR) is 53.4 cm³/mol. The van der Waals surface area contributed by atoms with E-state index in [9.17, 15) is 14.4 Å². The maximum absolute atomic E-state index is 9.86. The van der Waals surface area contributed by atoms with E-state index < -0.39 is 18.5 Å². The van der Waals surface area contributed by atoms with Crippen molar-refractivity contribution in [3.63, 3.8) is 0 Å². The fraction of sp³-hybridized carbons (Fsp3) is 0.667. The van der Waals surface area contributed by atoms with Crippen LogP contribution in [0.15, 0.2) is 0 Å². The molecule has 0 aromatic heterocycles. The van der Waals surface area contributed by atoms with E-state index in [1.54, 1.807) is 0 Å². The number of carbonyl (C=O) groups excluding carboxylic acids is 1. The van der Waals surface area contributed by atoms with Gasteiger partial charge < -0.3 is 19.7 Å². The lowest BCUT2D eigenvalue weighted by Crippen LogP contribution is -2.14. The standard InChI is InChI=1S/C6H14.C3H2O7/c1-5-6(2,3)4;4-1(5)9-3(8)10-2(6)7/h5H2,1-4H3;(H,4,5)(H,6,7). The summed E-state index contributed by atoms with van der Waals surface area (Å²) in [5, 5.41) is 15.4. The molecule has 0 saturated heterocycles. The molecule has 7 nitrogen and oxygen atoms in total. The second-order valence-electron chi connectivity index (χ2n) is 3.90. The minimum atomic E-state index is -1.92. The molecule has 0 fully saturated rings. The Morgan fingerprint density at radius 2 is 1.25 bits per heavy atom. The zero-order valence-electron chi connectivity index (χ0n) is 9.64. The lowest BCUT2D eigenvalue weighted by Gasteiger charge is -2.12. The van der Waals surface area contributed by atoms with Crippen molar-refractivity contribution in [3.8, 4) is 0 Å². The van der Waals surface area contributed by atoms with Crippen LogP contribution in [0.4, 0.5) is 14.4 Å². The summed E-state index contributed by atoms with van der Waals surface area (Å²) >= 11 is 0. The Labute approximate surface area is 93.0 Å². The van der Waals surface area contributed by atoms with Crippen LogP contribution in [-0.4, -0.2) is 28.7 Å². The molecular weight excluding hydrogens is 220 g/mol. The highest BCUT2D eigenvalue weighted by molar-refractivity contribution is 5.82. The Kier molecular flexibility index (Phi) is 7.79. The molecule has 94 valence electrons. The minimum absolute atomic E-state index is 0.542. The molecule has 0 aliphatic rings. The van der Waals surface area contributed by atoms with Crippen LogP contribution < -0.4 is 0 Å². The normalized spacial score (nSPS) is 9.50. The van der Waals surface area contributed by atoms with Crippen LogP contribution in [0.2, 0.25) is 0 Å². The van der Waals surface area contributed by atoms with Gasteiger partial charge in [0.15, 0.2) is 0 Å². The van der Waals surface area contributed by atoms with Crippen molar-refractivity contribution in [3.05, 3.63) is 0 Å². The Morgan fingerprint density at radius 1 is 1.00 bits per heavy atom. The number of rotatable bonds is 0. The number of carbonyl (C=O) groups is 3. The SMILES string of the molecule is CCC(C)(C)C.O=C(O)OC(=O)OC(=O)O. The van der Waals surface area contributed by atoms with Gasteiger partial charge >= 0.3 is 18.5 Å². The van der Waals surface area contributed by atoms with Crippen molar-refractivity contribution < 1.29 is 34.1 Å². The molecule has 0 radical (unpaired) electrons. The third-order valence-electron chi connectivity index (χ3n) is 1.40. The topological polar surface area (TPSA) is 110 Å². The van der Waals surface area contributed by atoms with E-state index in [-0.39, 0.29) is 0 Å². The zero-order chi connectivity index (χ0) is 13.4. The summed E-state index contributed by atoms with van der Waals surface area (Å²) in [5.74, 6) is 0. The van der Waals surface area contributed by atoms with Gasteiger partial charge in [0.05, 0.1) is 0 Å². The van der Waals surface area contributed by atoms with Gasteiger partial charge in [-0.1, -0.05) is 34.1 Å². The maximum atomic E-state index is 9.86. The van der Waals surface area contributed by atoms with Crippen molar-refractivity contribution in [1.82, 2.24) is 0 Å². The molecule has 0 heterocycles. The first-order valence-corrected chi connectivity index (χ1v) is 4.44. The summed E-state index contributed by atoms with van der Waals surface area (Å²) in [6, 6.07) is 0. The fourth-order valence-electron chi connectivity index (χ4n) is 0.163. The Bertz CT molecular complexity index is 233. The van der Waals surface area contributed by atoms with Gasteiger partial charge in [0.1, 0.15) is 0 Å². The zero-order valence-corrected chi connectivity index (χ0v) is 9.64. The maximum Gasteiger partial charge on any atom is 0.528 e. The van der Waals surface area contributed by atoms with Gasteiger partial charge in [0.2, 0.25) is 0 Å². The molecule has 16 heavy (non-hydrogen) atoms. The molecule has 0 rings (SSSR count). The molecule has 0 aromatic rings. The molecular formula is C9H16O7. The minimum Gasteiger partial charge on any atom is -0.449 e. The molecule has 7 heteroatoms. The summed E-state index contributed by atoms with van der Waals surface area (Å²) in [6.07, 6.45) is -4.37. The quantitative estimate of drug-likeness (QED) is 0.491. The van der Waals surface area contributed by atoms with E-state index in [0.29, 0.717) is 5.41 Å². The molecule has 2 N–H and O–H groups in total. The van der Waals surface area contributed by atoms with Crippen molar-refractivity contribution >= 4 is 18.5 Å². The van der Waals surface area contributed by atoms with Gasteiger partial charge in [0.25, 0.3) is 0 Å². The average Bonchev–Trinajstić information content (AvgIpc) is 2.00. The number of hydrogen-bond acceptors (Lipinski definition) is 5. The van der Waals surface area contributed by atoms with Crippen LogP contribution in [0, 0.1) is 5.41 Å². The van der Waals surface area contributed by atoms with Gasteiger partial charge in [-0.25, -0.2) is 14.4 Å². The lowest BCUT2D eigenvalue weighted by molar-refractivity contribution is 0.0548. The summed E-state index contributed by atoms with van der Waals surface area (Å²) in [5.41, 5.74) is 0.542. The summed E-state index contributed by atoms with van der Waals surface area (Å²) in [4.78, 5) is 28.8. The van der Waals surface area contributed by atoms with Crippen LogP contribution in [0.25, 0.3) is 0 Å². The third kappa shape index (κ3) is 18.1. The van der Waals surface area contributed by atoms with Crippen LogP contribution in [0.3, 0.4) is 0 Å². The van der Waals surface area contributed by atoms with E-state index in [4.69, 9.17) is 10.2 Å². The van der Waals surface area contributed by atoms with E-state index in [1.165, 1.54) is 6.42 Å². The van der Waals surface area contributed by atoms with Gasteiger partial charge in [0, 0.05) is 0 Å². The molecule has 0 spiro atoms. The van der Waals surface area contributed by atoms with E-state index in [0.717, 1.165) is 0 Å². The van der Waals surface area contributed by atoms with Gasteiger partial charge in [-0.15, -0.1) is 0 Å². The van der Waals surface area contributed by atoms with Crippen molar-refractivity contribution in [1.29, 1.82) is 0 Å². The molecule has 0 amide bonds. The lowest BCUT2D eigenvalue weighted by atomic mass is 9.94. The molecule has 0 aromatic carbocycles. The van der Waals surface area contributed by atoms with E-state index >= 15 is 0 Å². The largest absolute Gasteiger partial charge is 0.528 e. The molecule has 0 atom stereocenters. The van der Waals surface area contributed by atoms with E-state index in [1.807, 2.05) is 0 Å². The number of ether oxygens (including phenoxy) is 2. The van der Waals surface area contributed by atoms with Crippen molar-refractivity contribution in [2.24, 2.45) is 5.41 Å². The molecule has 0 aliphatic heterocycles. The Hall–Kier alpha value is -1.79. The molecule has 0 saturated carbocycles. The second-order valence-corrected chi connectivity index (χ2v) is 3.90. The Balaban J connectivity index is 0. The first-order valence-electron chi connectivity index (χ1n) is 4.44. The highest BCUT2D eigenvalue weighted by Crippen LogP contribution is 2.16. The van der Waals surface area contributed by atoms with Crippen molar-refractivity contribution in [2.45, 2.75) is 34.1 Å².